The number of nitrogens with one attached hydrogen (secondary N) is 1. The molecule has 0 saturated carbocycles. The van der Waals surface area contributed by atoms with Crippen molar-refractivity contribution in [2.24, 2.45) is 7.05 Å². The normalized spacial score (nSPS) is 10.6. The lowest BCUT2D eigenvalue weighted by Gasteiger charge is -2.06. The third kappa shape index (κ3) is 4.91. The highest BCUT2D eigenvalue weighted by Crippen LogP contribution is 2.20. The summed E-state index contributed by atoms with van der Waals surface area (Å²) >= 11 is 0. The summed E-state index contributed by atoms with van der Waals surface area (Å²) in [5.74, 6) is -0.344. The van der Waals surface area contributed by atoms with Crippen LogP contribution in [0.1, 0.15) is 16.9 Å². The van der Waals surface area contributed by atoms with Crippen molar-refractivity contribution in [1.82, 2.24) is 15.1 Å². The lowest BCUT2D eigenvalue weighted by Crippen LogP contribution is -2.26. The van der Waals surface area contributed by atoms with E-state index in [1.807, 2.05) is 0 Å². The molecule has 0 aliphatic carbocycles. The number of aryl methyl sites for hydroxylation is 1. The van der Waals surface area contributed by atoms with Gasteiger partial charge in [0.15, 0.2) is 5.69 Å². The molecule has 1 amide bonds. The number of nitrogens with zero attached hydrogens (tertiary/aromatic N) is 2. The van der Waals surface area contributed by atoms with Crippen LogP contribution in [0.25, 0.3) is 11.3 Å². The predicted molar refractivity (Wildman–Crippen MR) is 97.4 cm³/mol. The largest absolute Gasteiger partial charge is 0.494 e. The van der Waals surface area contributed by atoms with Gasteiger partial charge in [-0.25, -0.2) is 8.78 Å². The number of amides is 1. The van der Waals surface area contributed by atoms with Gasteiger partial charge in [-0.2, -0.15) is 5.10 Å². The molecule has 0 spiro atoms. The van der Waals surface area contributed by atoms with E-state index in [2.05, 4.69) is 10.4 Å². The number of carbonyl (C=O) groups is 1. The number of rotatable bonds is 7. The minimum Gasteiger partial charge on any atom is -0.494 e. The van der Waals surface area contributed by atoms with Gasteiger partial charge in [-0.1, -0.05) is 0 Å². The van der Waals surface area contributed by atoms with Crippen LogP contribution < -0.4 is 10.1 Å². The van der Waals surface area contributed by atoms with Crippen LogP contribution in [0, 0.1) is 11.6 Å². The maximum Gasteiger partial charge on any atom is 0.271 e. The zero-order valence-corrected chi connectivity index (χ0v) is 14.8. The molecular formula is C20H19F2N3O2. The first-order valence-corrected chi connectivity index (χ1v) is 8.49. The zero-order valence-electron chi connectivity index (χ0n) is 14.8. The fraction of sp³-hybridized carbons (Fsp3) is 0.200. The van der Waals surface area contributed by atoms with Crippen LogP contribution in [0.3, 0.4) is 0 Å². The smallest absolute Gasteiger partial charge is 0.271 e. The number of hydrogen-bond acceptors (Lipinski definition) is 3. The number of ether oxygens (including phenoxy) is 1. The maximum absolute atomic E-state index is 13.1. The molecule has 0 bridgehead atoms. The second kappa shape index (κ2) is 8.44. The third-order valence-corrected chi connectivity index (χ3v) is 3.94. The molecule has 1 aromatic heterocycles. The first-order valence-electron chi connectivity index (χ1n) is 8.49. The monoisotopic (exact) mass is 371 g/mol. The van der Waals surface area contributed by atoms with Crippen molar-refractivity contribution in [3.63, 3.8) is 0 Å². The molecule has 1 N–H and O–H groups in total. The quantitative estimate of drug-likeness (QED) is 0.646. The van der Waals surface area contributed by atoms with Gasteiger partial charge in [0, 0.05) is 13.6 Å². The van der Waals surface area contributed by atoms with Gasteiger partial charge in [0.1, 0.15) is 17.4 Å². The fourth-order valence-electron chi connectivity index (χ4n) is 2.55. The number of carbonyl (C=O) groups excluding carboxylic acids is 1. The van der Waals surface area contributed by atoms with Crippen LogP contribution in [0.4, 0.5) is 8.78 Å². The summed E-state index contributed by atoms with van der Waals surface area (Å²) in [5, 5.41) is 6.99. The number of hydrogen-bond donors (Lipinski definition) is 1. The Bertz CT molecular complexity index is 906. The van der Waals surface area contributed by atoms with Gasteiger partial charge in [-0.05, 0) is 66.6 Å². The molecule has 27 heavy (non-hydrogen) atoms. The van der Waals surface area contributed by atoms with Crippen LogP contribution in [0.2, 0.25) is 0 Å². The molecule has 5 nitrogen and oxygen atoms in total. The molecular weight excluding hydrogens is 352 g/mol. The molecule has 7 heteroatoms. The summed E-state index contributed by atoms with van der Waals surface area (Å²) in [5.41, 5.74) is 1.79. The van der Waals surface area contributed by atoms with E-state index in [4.69, 9.17) is 4.74 Å². The van der Waals surface area contributed by atoms with Gasteiger partial charge in [-0.15, -0.1) is 0 Å². The van der Waals surface area contributed by atoms with Crippen molar-refractivity contribution >= 4 is 5.91 Å². The Morgan fingerprint density at radius 2 is 1.70 bits per heavy atom. The first kappa shape index (κ1) is 18.6. The van der Waals surface area contributed by atoms with Crippen LogP contribution in [-0.2, 0) is 7.05 Å². The lowest BCUT2D eigenvalue weighted by molar-refractivity contribution is 0.0946. The summed E-state index contributed by atoms with van der Waals surface area (Å²) in [6.45, 7) is 0.817. The van der Waals surface area contributed by atoms with Gasteiger partial charge in [0.2, 0.25) is 0 Å². The Kier molecular flexibility index (Phi) is 5.80. The van der Waals surface area contributed by atoms with E-state index < -0.39 is 0 Å². The highest BCUT2D eigenvalue weighted by molar-refractivity contribution is 5.93. The molecule has 0 radical (unpaired) electrons. The van der Waals surface area contributed by atoms with E-state index >= 15 is 0 Å². The van der Waals surface area contributed by atoms with Crippen molar-refractivity contribution in [2.75, 3.05) is 13.2 Å². The molecule has 0 saturated heterocycles. The summed E-state index contributed by atoms with van der Waals surface area (Å²) in [6, 6.07) is 13.4. The Labute approximate surface area is 155 Å². The summed E-state index contributed by atoms with van der Waals surface area (Å²) < 4.78 is 32.9. The first-order chi connectivity index (χ1) is 13.0. The second-order valence-corrected chi connectivity index (χ2v) is 5.96. The van der Waals surface area contributed by atoms with Gasteiger partial charge >= 0.3 is 0 Å². The Hall–Kier alpha value is -3.22. The second-order valence-electron chi connectivity index (χ2n) is 5.96. The Morgan fingerprint density at radius 1 is 1.07 bits per heavy atom. The van der Waals surface area contributed by atoms with Gasteiger partial charge in [0.25, 0.3) is 5.91 Å². The Balaban J connectivity index is 1.49. The molecule has 0 aliphatic heterocycles. The summed E-state index contributed by atoms with van der Waals surface area (Å²) in [6.07, 6.45) is 0.598. The lowest BCUT2D eigenvalue weighted by atomic mass is 10.1. The van der Waals surface area contributed by atoms with Crippen molar-refractivity contribution in [3.05, 3.63) is 71.9 Å². The molecule has 0 unspecified atom stereocenters. The van der Waals surface area contributed by atoms with Gasteiger partial charge in [-0.3, -0.25) is 9.48 Å². The maximum atomic E-state index is 13.1. The van der Waals surface area contributed by atoms with Gasteiger partial charge < -0.3 is 10.1 Å². The van der Waals surface area contributed by atoms with Gasteiger partial charge in [0.05, 0.1) is 12.3 Å². The number of benzene rings is 2. The number of halogens is 2. The zero-order chi connectivity index (χ0) is 19.2. The molecule has 3 rings (SSSR count). The van der Waals surface area contributed by atoms with Crippen LogP contribution >= 0.6 is 0 Å². The fourth-order valence-corrected chi connectivity index (χ4v) is 2.55. The highest BCUT2D eigenvalue weighted by atomic mass is 19.1. The van der Waals surface area contributed by atoms with Crippen LogP contribution in [0.5, 0.6) is 5.75 Å². The van der Waals surface area contributed by atoms with E-state index in [-0.39, 0.29) is 23.2 Å². The van der Waals surface area contributed by atoms with Crippen molar-refractivity contribution in [2.45, 2.75) is 6.42 Å². The average Bonchev–Trinajstić information content (AvgIpc) is 3.05. The Morgan fingerprint density at radius 3 is 2.37 bits per heavy atom. The minimum atomic E-state index is -0.318. The highest BCUT2D eigenvalue weighted by Gasteiger charge is 2.13. The average molecular weight is 371 g/mol. The van der Waals surface area contributed by atoms with E-state index in [0.29, 0.717) is 25.3 Å². The molecule has 0 fully saturated rings. The summed E-state index contributed by atoms with van der Waals surface area (Å²) in [4.78, 5) is 12.2. The molecule has 0 aliphatic rings. The molecule has 3 aromatic rings. The van der Waals surface area contributed by atoms with E-state index in [1.54, 1.807) is 42.1 Å². The molecule has 1 heterocycles. The van der Waals surface area contributed by atoms with E-state index in [0.717, 1.165) is 11.3 Å². The van der Waals surface area contributed by atoms with Crippen molar-refractivity contribution < 1.29 is 18.3 Å². The topological polar surface area (TPSA) is 56.2 Å². The van der Waals surface area contributed by atoms with E-state index in [1.165, 1.54) is 24.3 Å². The summed E-state index contributed by atoms with van der Waals surface area (Å²) in [7, 11) is 1.73. The SMILES string of the molecule is Cn1nc(C(=O)NCCCOc2ccc(F)cc2)cc1-c1ccc(F)cc1. The predicted octanol–water partition coefficient (Wildman–Crippen LogP) is 3.56. The van der Waals surface area contributed by atoms with Crippen molar-refractivity contribution in [1.29, 1.82) is 0 Å². The van der Waals surface area contributed by atoms with E-state index in [9.17, 15) is 13.6 Å². The third-order valence-electron chi connectivity index (χ3n) is 3.94. The number of aromatic nitrogens is 2. The minimum absolute atomic E-state index is 0.288. The molecule has 0 atom stereocenters. The van der Waals surface area contributed by atoms with Crippen LogP contribution in [-0.4, -0.2) is 28.8 Å². The van der Waals surface area contributed by atoms with Crippen LogP contribution in [0.15, 0.2) is 54.6 Å². The standard InChI is InChI=1S/C20H19F2N3O2/c1-25-19(14-3-5-15(21)6-4-14)13-18(24-25)20(26)23-11-2-12-27-17-9-7-16(22)8-10-17/h3-10,13H,2,11-12H2,1H3,(H,23,26). The van der Waals surface area contributed by atoms with Crippen molar-refractivity contribution in [3.8, 4) is 17.0 Å². The molecule has 2 aromatic carbocycles. The molecule has 140 valence electrons.